The summed E-state index contributed by atoms with van der Waals surface area (Å²) in [5.74, 6) is -0.472. The quantitative estimate of drug-likeness (QED) is 0.371. The van der Waals surface area contributed by atoms with Crippen LogP contribution in [0.5, 0.6) is 0 Å². The highest BCUT2D eigenvalue weighted by atomic mass is 35.5. The first-order valence-electron chi connectivity index (χ1n) is 7.70. The highest BCUT2D eigenvalue weighted by Gasteiger charge is 2.35. The Hall–Kier alpha value is -2.35. The van der Waals surface area contributed by atoms with E-state index in [1.54, 1.807) is 0 Å². The number of thioether (sulfide) groups is 1. The number of carbonyl (C=O) groups excluding carboxylic acids is 2. The molecule has 0 saturated carbocycles. The predicted octanol–water partition coefficient (Wildman–Crippen LogP) is 5.45. The lowest BCUT2D eigenvalue weighted by atomic mass is 10.1. The number of nitrogens with zero attached hydrogens (tertiary/aromatic N) is 2. The first-order chi connectivity index (χ1) is 12.8. The summed E-state index contributed by atoms with van der Waals surface area (Å²) in [5.41, 5.74) is 1.77. The lowest BCUT2D eigenvalue weighted by molar-refractivity contribution is -0.384. The smallest absolute Gasteiger partial charge is 0.268 e. The molecule has 138 valence electrons. The SMILES string of the molecule is Cc1cccc(CN2C(=O)S/C(=C\c3cc([N+](=O)[O-])c(Cl)cc3Cl)C2=O)c1. The van der Waals surface area contributed by atoms with Crippen molar-refractivity contribution in [2.45, 2.75) is 13.5 Å². The molecule has 0 bridgehead atoms. The van der Waals surface area contributed by atoms with Crippen LogP contribution in [-0.4, -0.2) is 21.0 Å². The van der Waals surface area contributed by atoms with Crippen LogP contribution in [0.1, 0.15) is 16.7 Å². The zero-order valence-electron chi connectivity index (χ0n) is 13.9. The summed E-state index contributed by atoms with van der Waals surface area (Å²) in [6.45, 7) is 2.07. The van der Waals surface area contributed by atoms with Gasteiger partial charge in [0.25, 0.3) is 16.8 Å². The molecule has 0 N–H and O–H groups in total. The van der Waals surface area contributed by atoms with Gasteiger partial charge in [-0.25, -0.2) is 0 Å². The Bertz CT molecular complexity index is 1010. The first-order valence-corrected chi connectivity index (χ1v) is 9.28. The van der Waals surface area contributed by atoms with Crippen LogP contribution in [0.25, 0.3) is 6.08 Å². The molecule has 1 aliphatic rings. The number of hydrogen-bond acceptors (Lipinski definition) is 5. The van der Waals surface area contributed by atoms with E-state index in [-0.39, 0.29) is 32.7 Å². The van der Waals surface area contributed by atoms with Crippen LogP contribution in [-0.2, 0) is 11.3 Å². The molecule has 6 nitrogen and oxygen atoms in total. The van der Waals surface area contributed by atoms with E-state index in [1.807, 2.05) is 31.2 Å². The second-order valence-corrected chi connectivity index (χ2v) is 7.65. The molecule has 3 rings (SSSR count). The van der Waals surface area contributed by atoms with Gasteiger partial charge in [0.05, 0.1) is 16.4 Å². The highest BCUT2D eigenvalue weighted by molar-refractivity contribution is 8.18. The third-order valence-corrected chi connectivity index (χ3v) is 5.38. The third-order valence-electron chi connectivity index (χ3n) is 3.85. The highest BCUT2D eigenvalue weighted by Crippen LogP contribution is 2.37. The summed E-state index contributed by atoms with van der Waals surface area (Å²) in [6, 6.07) is 9.92. The number of benzene rings is 2. The Morgan fingerprint density at radius 2 is 1.93 bits per heavy atom. The van der Waals surface area contributed by atoms with Crippen LogP contribution in [0, 0.1) is 17.0 Å². The molecule has 2 amide bonds. The number of imide groups is 1. The van der Waals surface area contributed by atoms with E-state index in [1.165, 1.54) is 18.2 Å². The number of hydrogen-bond donors (Lipinski definition) is 0. The van der Waals surface area contributed by atoms with Gasteiger partial charge in [0.1, 0.15) is 5.02 Å². The van der Waals surface area contributed by atoms with Gasteiger partial charge < -0.3 is 0 Å². The molecular formula is C18H12Cl2N2O4S. The molecule has 27 heavy (non-hydrogen) atoms. The van der Waals surface area contributed by atoms with E-state index in [0.717, 1.165) is 27.8 Å². The molecule has 0 aromatic heterocycles. The molecule has 9 heteroatoms. The summed E-state index contributed by atoms with van der Waals surface area (Å²) in [4.78, 5) is 36.6. The fourth-order valence-electron chi connectivity index (χ4n) is 2.57. The van der Waals surface area contributed by atoms with Crippen LogP contribution in [0.4, 0.5) is 10.5 Å². The van der Waals surface area contributed by atoms with Gasteiger partial charge in [-0.15, -0.1) is 0 Å². The van der Waals surface area contributed by atoms with Crippen LogP contribution in [0.15, 0.2) is 41.3 Å². The van der Waals surface area contributed by atoms with Gasteiger partial charge in [0.15, 0.2) is 0 Å². The van der Waals surface area contributed by atoms with Crippen molar-refractivity contribution in [2.24, 2.45) is 0 Å². The molecule has 0 radical (unpaired) electrons. The van der Waals surface area contributed by atoms with Gasteiger partial charge in [0.2, 0.25) is 0 Å². The Balaban J connectivity index is 1.90. The molecule has 1 saturated heterocycles. The zero-order valence-corrected chi connectivity index (χ0v) is 16.3. The number of nitro groups is 1. The fraction of sp³-hybridized carbons (Fsp3) is 0.111. The maximum atomic E-state index is 12.6. The van der Waals surface area contributed by atoms with E-state index in [4.69, 9.17) is 23.2 Å². The predicted molar refractivity (Wildman–Crippen MR) is 106 cm³/mol. The largest absolute Gasteiger partial charge is 0.293 e. The summed E-state index contributed by atoms with van der Waals surface area (Å²) >= 11 is 12.7. The molecule has 0 aliphatic carbocycles. The third kappa shape index (κ3) is 4.16. The summed E-state index contributed by atoms with van der Waals surface area (Å²) in [6.07, 6.45) is 1.37. The normalized spacial score (nSPS) is 15.7. The Kier molecular flexibility index (Phi) is 5.55. The lowest BCUT2D eigenvalue weighted by Crippen LogP contribution is -2.27. The van der Waals surface area contributed by atoms with Gasteiger partial charge in [0, 0.05) is 16.7 Å². The number of amides is 2. The summed E-state index contributed by atoms with van der Waals surface area (Å²) < 4.78 is 0. The molecule has 2 aromatic carbocycles. The van der Waals surface area contributed by atoms with Gasteiger partial charge in [-0.3, -0.25) is 24.6 Å². The molecule has 1 heterocycles. The van der Waals surface area contributed by atoms with Crippen LogP contribution in [0.3, 0.4) is 0 Å². The topological polar surface area (TPSA) is 80.5 Å². The lowest BCUT2D eigenvalue weighted by Gasteiger charge is -2.12. The minimum absolute atomic E-state index is 0.102. The standard InChI is InChI=1S/C18H12Cl2N2O4S/c1-10-3-2-4-11(5-10)9-21-17(23)16(27-18(21)24)7-12-6-15(22(25)26)14(20)8-13(12)19/h2-8H,9H2,1H3/b16-7-. The average molecular weight is 423 g/mol. The van der Waals surface area contributed by atoms with Gasteiger partial charge >= 0.3 is 0 Å². The van der Waals surface area contributed by atoms with Crippen molar-refractivity contribution in [1.82, 2.24) is 4.90 Å². The Labute approximate surface area is 168 Å². The number of halogens is 2. The summed E-state index contributed by atoms with van der Waals surface area (Å²) in [5, 5.41) is 10.7. The van der Waals surface area contributed by atoms with Crippen LogP contribution < -0.4 is 0 Å². The molecular weight excluding hydrogens is 411 g/mol. The molecule has 2 aromatic rings. The van der Waals surface area contributed by atoms with Crippen LogP contribution >= 0.6 is 35.0 Å². The Morgan fingerprint density at radius 1 is 1.19 bits per heavy atom. The molecule has 0 unspecified atom stereocenters. The summed E-state index contributed by atoms with van der Waals surface area (Å²) in [7, 11) is 0. The van der Waals surface area contributed by atoms with Crippen LogP contribution in [0.2, 0.25) is 10.0 Å². The minimum Gasteiger partial charge on any atom is -0.268 e. The van der Waals surface area contributed by atoms with E-state index in [0.29, 0.717) is 0 Å². The van der Waals surface area contributed by atoms with Crippen molar-refractivity contribution in [1.29, 1.82) is 0 Å². The fourth-order valence-corrected chi connectivity index (χ4v) is 3.91. The van der Waals surface area contributed by atoms with Gasteiger partial charge in [-0.2, -0.15) is 0 Å². The van der Waals surface area contributed by atoms with Crippen molar-refractivity contribution >= 4 is 57.9 Å². The van der Waals surface area contributed by atoms with Gasteiger partial charge in [-0.05, 0) is 36.4 Å². The second-order valence-electron chi connectivity index (χ2n) is 5.84. The maximum absolute atomic E-state index is 12.6. The molecule has 1 aliphatic heterocycles. The number of rotatable bonds is 4. The van der Waals surface area contributed by atoms with Crippen molar-refractivity contribution in [2.75, 3.05) is 0 Å². The zero-order chi connectivity index (χ0) is 19.7. The van der Waals surface area contributed by atoms with Crippen molar-refractivity contribution in [3.8, 4) is 0 Å². The van der Waals surface area contributed by atoms with Crippen molar-refractivity contribution in [3.63, 3.8) is 0 Å². The van der Waals surface area contributed by atoms with E-state index < -0.39 is 16.1 Å². The number of nitro benzene ring substituents is 1. The van der Waals surface area contributed by atoms with Gasteiger partial charge in [-0.1, -0.05) is 53.0 Å². The molecule has 0 spiro atoms. The number of carbonyl (C=O) groups is 2. The Morgan fingerprint density at radius 3 is 2.59 bits per heavy atom. The van der Waals surface area contributed by atoms with Crippen molar-refractivity contribution < 1.29 is 14.5 Å². The second kappa shape index (κ2) is 7.72. The average Bonchev–Trinajstić information content (AvgIpc) is 2.84. The molecule has 1 fully saturated rings. The first kappa shape index (κ1) is 19.4. The van der Waals surface area contributed by atoms with E-state index in [2.05, 4.69) is 0 Å². The monoisotopic (exact) mass is 422 g/mol. The minimum atomic E-state index is -0.639. The van der Waals surface area contributed by atoms with E-state index in [9.17, 15) is 19.7 Å². The van der Waals surface area contributed by atoms with Crippen molar-refractivity contribution in [3.05, 3.63) is 78.2 Å². The van der Waals surface area contributed by atoms with E-state index >= 15 is 0 Å². The molecule has 0 atom stereocenters. The maximum Gasteiger partial charge on any atom is 0.293 e. The number of aryl methyl sites for hydroxylation is 1.